The molecule has 1 heterocycles. The van der Waals surface area contributed by atoms with Crippen LogP contribution in [0.25, 0.3) is 0 Å². The predicted octanol–water partition coefficient (Wildman–Crippen LogP) is 2.00. The third-order valence-corrected chi connectivity index (χ3v) is 3.00. The number of fused-ring (bicyclic) bond motifs is 1. The zero-order valence-corrected chi connectivity index (χ0v) is 11.4. The summed E-state index contributed by atoms with van der Waals surface area (Å²) in [6, 6.07) is 5.20. The number of rotatable bonds is 4. The first kappa shape index (κ1) is 13.7. The standard InChI is InChI=1S/C13H15ClN2O3/c1-2-5-16-10-4-3-9(15-12(17)7-14)6-11(10)19-8-13(16)18/h3-4,6H,2,5,7-8H2,1H3,(H,15,17). The van der Waals surface area contributed by atoms with Gasteiger partial charge >= 0.3 is 0 Å². The average molecular weight is 283 g/mol. The van der Waals surface area contributed by atoms with E-state index in [1.54, 1.807) is 23.1 Å². The predicted molar refractivity (Wildman–Crippen MR) is 73.9 cm³/mol. The van der Waals surface area contributed by atoms with Gasteiger partial charge in [0.1, 0.15) is 11.6 Å². The van der Waals surface area contributed by atoms with Crippen LogP contribution < -0.4 is 15.0 Å². The van der Waals surface area contributed by atoms with E-state index in [1.165, 1.54) is 0 Å². The van der Waals surface area contributed by atoms with Gasteiger partial charge in [-0.3, -0.25) is 9.59 Å². The number of hydrogen-bond acceptors (Lipinski definition) is 3. The molecular formula is C13H15ClN2O3. The minimum atomic E-state index is -0.279. The molecule has 0 atom stereocenters. The molecule has 2 amide bonds. The van der Waals surface area contributed by atoms with Gasteiger partial charge in [0.15, 0.2) is 6.61 Å². The number of amides is 2. The molecule has 1 aromatic carbocycles. The van der Waals surface area contributed by atoms with E-state index >= 15 is 0 Å². The van der Waals surface area contributed by atoms with Gasteiger partial charge in [-0.15, -0.1) is 11.6 Å². The minimum Gasteiger partial charge on any atom is -0.481 e. The molecule has 2 rings (SSSR count). The zero-order chi connectivity index (χ0) is 13.8. The Morgan fingerprint density at radius 2 is 2.32 bits per heavy atom. The molecule has 0 saturated heterocycles. The van der Waals surface area contributed by atoms with Crippen LogP contribution in [0.2, 0.25) is 0 Å². The minimum absolute atomic E-state index is 0.0277. The van der Waals surface area contributed by atoms with Gasteiger partial charge in [-0.1, -0.05) is 6.92 Å². The molecule has 5 nitrogen and oxygen atoms in total. The van der Waals surface area contributed by atoms with Crippen molar-refractivity contribution >= 4 is 34.8 Å². The second-order valence-electron chi connectivity index (χ2n) is 4.20. The van der Waals surface area contributed by atoms with Gasteiger partial charge in [0, 0.05) is 18.3 Å². The summed E-state index contributed by atoms with van der Waals surface area (Å²) < 4.78 is 5.39. The molecule has 1 aromatic rings. The molecule has 102 valence electrons. The number of halogens is 1. The third-order valence-electron chi connectivity index (χ3n) is 2.76. The van der Waals surface area contributed by atoms with Crippen LogP contribution in [0.1, 0.15) is 13.3 Å². The van der Waals surface area contributed by atoms with Gasteiger partial charge in [0.05, 0.1) is 5.69 Å². The van der Waals surface area contributed by atoms with E-state index in [2.05, 4.69) is 5.32 Å². The average Bonchev–Trinajstić information content (AvgIpc) is 2.42. The van der Waals surface area contributed by atoms with Crippen molar-refractivity contribution in [3.8, 4) is 5.75 Å². The van der Waals surface area contributed by atoms with Gasteiger partial charge in [0.25, 0.3) is 5.91 Å². The fraction of sp³-hybridized carbons (Fsp3) is 0.385. The number of nitrogens with one attached hydrogen (secondary N) is 1. The highest BCUT2D eigenvalue weighted by molar-refractivity contribution is 6.29. The summed E-state index contributed by atoms with van der Waals surface area (Å²) in [6.45, 7) is 2.69. The number of anilines is 2. The highest BCUT2D eigenvalue weighted by Crippen LogP contribution is 2.34. The third kappa shape index (κ3) is 2.98. The Balaban J connectivity index is 2.25. The normalized spacial score (nSPS) is 13.8. The van der Waals surface area contributed by atoms with E-state index < -0.39 is 0 Å². The summed E-state index contributed by atoms with van der Waals surface area (Å²) in [5, 5.41) is 2.65. The maximum atomic E-state index is 11.8. The lowest BCUT2D eigenvalue weighted by molar-refractivity contribution is -0.121. The van der Waals surface area contributed by atoms with Crippen molar-refractivity contribution in [1.82, 2.24) is 0 Å². The largest absolute Gasteiger partial charge is 0.481 e. The van der Waals surface area contributed by atoms with E-state index in [4.69, 9.17) is 16.3 Å². The molecule has 0 aromatic heterocycles. The Labute approximate surface area is 116 Å². The Bertz CT molecular complexity index is 505. The van der Waals surface area contributed by atoms with Crippen LogP contribution in [0.4, 0.5) is 11.4 Å². The van der Waals surface area contributed by atoms with Crippen molar-refractivity contribution in [2.75, 3.05) is 29.2 Å². The van der Waals surface area contributed by atoms with Crippen molar-refractivity contribution in [2.24, 2.45) is 0 Å². The molecule has 0 spiro atoms. The molecule has 1 aliphatic rings. The van der Waals surface area contributed by atoms with Crippen molar-refractivity contribution in [2.45, 2.75) is 13.3 Å². The number of benzene rings is 1. The Morgan fingerprint density at radius 1 is 1.53 bits per heavy atom. The lowest BCUT2D eigenvalue weighted by Crippen LogP contribution is -2.39. The number of hydrogen-bond donors (Lipinski definition) is 1. The van der Waals surface area contributed by atoms with Crippen LogP contribution in [-0.4, -0.2) is 30.8 Å². The summed E-state index contributed by atoms with van der Waals surface area (Å²) >= 11 is 5.43. The second-order valence-corrected chi connectivity index (χ2v) is 4.47. The molecule has 0 bridgehead atoms. The van der Waals surface area contributed by atoms with E-state index in [9.17, 15) is 9.59 Å². The van der Waals surface area contributed by atoms with Gasteiger partial charge in [-0.05, 0) is 18.6 Å². The molecule has 19 heavy (non-hydrogen) atoms. The van der Waals surface area contributed by atoms with Crippen molar-refractivity contribution < 1.29 is 14.3 Å². The highest BCUT2D eigenvalue weighted by Gasteiger charge is 2.24. The molecule has 6 heteroatoms. The summed E-state index contributed by atoms with van der Waals surface area (Å²) in [5.74, 6) is 0.171. The summed E-state index contributed by atoms with van der Waals surface area (Å²) in [6.07, 6.45) is 0.871. The monoisotopic (exact) mass is 282 g/mol. The Morgan fingerprint density at radius 3 is 3.00 bits per heavy atom. The van der Waals surface area contributed by atoms with Crippen molar-refractivity contribution in [1.29, 1.82) is 0 Å². The highest BCUT2D eigenvalue weighted by atomic mass is 35.5. The van der Waals surface area contributed by atoms with Crippen LogP contribution in [0.5, 0.6) is 5.75 Å². The maximum absolute atomic E-state index is 11.8. The fourth-order valence-corrected chi connectivity index (χ4v) is 2.01. The number of nitrogens with zero attached hydrogens (tertiary/aromatic N) is 1. The summed E-state index contributed by atoms with van der Waals surface area (Å²) in [7, 11) is 0. The molecule has 0 radical (unpaired) electrons. The Kier molecular flexibility index (Phi) is 4.27. The topological polar surface area (TPSA) is 58.6 Å². The first-order valence-electron chi connectivity index (χ1n) is 6.08. The van der Waals surface area contributed by atoms with Crippen LogP contribution in [-0.2, 0) is 9.59 Å². The quantitative estimate of drug-likeness (QED) is 0.859. The molecular weight excluding hydrogens is 268 g/mol. The van der Waals surface area contributed by atoms with Crippen LogP contribution >= 0.6 is 11.6 Å². The molecule has 0 fully saturated rings. The Hall–Kier alpha value is -1.75. The number of alkyl halides is 1. The van der Waals surface area contributed by atoms with Crippen LogP contribution in [0.3, 0.4) is 0 Å². The molecule has 1 N–H and O–H groups in total. The lowest BCUT2D eigenvalue weighted by Gasteiger charge is -2.29. The first-order chi connectivity index (χ1) is 9.15. The van der Waals surface area contributed by atoms with Crippen molar-refractivity contribution in [3.05, 3.63) is 18.2 Å². The van der Waals surface area contributed by atoms with E-state index in [0.717, 1.165) is 12.1 Å². The second kappa shape index (κ2) is 5.93. The maximum Gasteiger partial charge on any atom is 0.265 e. The summed E-state index contributed by atoms with van der Waals surface area (Å²) in [4.78, 5) is 24.7. The van der Waals surface area contributed by atoms with Gasteiger partial charge in [-0.25, -0.2) is 0 Å². The van der Waals surface area contributed by atoms with Gasteiger partial charge < -0.3 is 15.0 Å². The smallest absolute Gasteiger partial charge is 0.265 e. The molecule has 1 aliphatic heterocycles. The lowest BCUT2D eigenvalue weighted by atomic mass is 10.2. The number of carbonyl (C=O) groups is 2. The van der Waals surface area contributed by atoms with Gasteiger partial charge in [0.2, 0.25) is 5.91 Å². The molecule has 0 aliphatic carbocycles. The fourth-order valence-electron chi connectivity index (χ4n) is 1.95. The van der Waals surface area contributed by atoms with Crippen LogP contribution in [0, 0.1) is 0 Å². The summed E-state index contributed by atoms with van der Waals surface area (Å²) in [5.41, 5.74) is 1.34. The van der Waals surface area contributed by atoms with E-state index in [-0.39, 0.29) is 24.3 Å². The van der Waals surface area contributed by atoms with E-state index in [1.807, 2.05) is 6.92 Å². The zero-order valence-electron chi connectivity index (χ0n) is 10.6. The van der Waals surface area contributed by atoms with Crippen LogP contribution in [0.15, 0.2) is 18.2 Å². The first-order valence-corrected chi connectivity index (χ1v) is 6.62. The molecule has 0 saturated carbocycles. The number of ether oxygens (including phenoxy) is 1. The number of carbonyl (C=O) groups excluding carboxylic acids is 2. The molecule has 0 unspecified atom stereocenters. The SMILES string of the molecule is CCCN1C(=O)COc2cc(NC(=O)CCl)ccc21. The van der Waals surface area contributed by atoms with E-state index in [0.29, 0.717) is 18.0 Å². The van der Waals surface area contributed by atoms with Gasteiger partial charge in [-0.2, -0.15) is 0 Å². The van der Waals surface area contributed by atoms with Crippen molar-refractivity contribution in [3.63, 3.8) is 0 Å².